The topological polar surface area (TPSA) is 99.7 Å². The van der Waals surface area contributed by atoms with Crippen LogP contribution < -0.4 is 21.3 Å². The van der Waals surface area contributed by atoms with Gasteiger partial charge in [0.25, 0.3) is 0 Å². The lowest BCUT2D eigenvalue weighted by molar-refractivity contribution is 0.526. The van der Waals surface area contributed by atoms with E-state index in [1.807, 2.05) is 25.5 Å². The Morgan fingerprint density at radius 3 is 1.04 bits per heavy atom. The van der Waals surface area contributed by atoms with Gasteiger partial charge in [0.15, 0.2) is 0 Å². The average molecular weight is 627 g/mol. The van der Waals surface area contributed by atoms with Crippen LogP contribution in [0.2, 0.25) is 0 Å². The maximum atomic E-state index is 4.65. The van der Waals surface area contributed by atoms with Crippen LogP contribution in [-0.4, -0.2) is 44.1 Å². The first kappa shape index (κ1) is 40.4. The first-order chi connectivity index (χ1) is 21.1. The Bertz CT molecular complexity index is 983. The summed E-state index contributed by atoms with van der Waals surface area (Å²) in [4.78, 5) is 18.1. The van der Waals surface area contributed by atoms with E-state index in [4.69, 9.17) is 0 Å². The van der Waals surface area contributed by atoms with E-state index in [1.165, 1.54) is 25.7 Å². The number of hydrogen-bond acceptors (Lipinski definition) is 8. The van der Waals surface area contributed by atoms with Gasteiger partial charge in [-0.1, -0.05) is 55.4 Å². The molecule has 2 rings (SSSR count). The molecule has 0 saturated carbocycles. The van der Waals surface area contributed by atoms with Gasteiger partial charge < -0.3 is 21.3 Å². The Balaban J connectivity index is 0.000000450. The Morgan fingerprint density at radius 1 is 0.422 bits per heavy atom. The summed E-state index contributed by atoms with van der Waals surface area (Å²) in [6.07, 6.45) is 15.0. The summed E-state index contributed by atoms with van der Waals surface area (Å²) in [6, 6.07) is 1.71. The van der Waals surface area contributed by atoms with E-state index in [0.717, 1.165) is 78.3 Å². The van der Waals surface area contributed by atoms with Crippen LogP contribution in [0.1, 0.15) is 140 Å². The molecular weight excluding hydrogens is 556 g/mol. The van der Waals surface area contributed by atoms with Crippen molar-refractivity contribution in [3.8, 4) is 0 Å². The second-order valence-electron chi connectivity index (χ2n) is 15.0. The molecule has 8 nitrogen and oxygen atoms in total. The number of aryl methyl sites for hydroxylation is 1. The number of anilines is 4. The highest BCUT2D eigenvalue weighted by Crippen LogP contribution is 2.18. The molecule has 0 bridgehead atoms. The molecule has 0 fully saturated rings. The van der Waals surface area contributed by atoms with Gasteiger partial charge in [-0.15, -0.1) is 0 Å². The Labute approximate surface area is 277 Å². The molecule has 4 unspecified atom stereocenters. The highest BCUT2D eigenvalue weighted by Gasteiger charge is 2.11. The van der Waals surface area contributed by atoms with Gasteiger partial charge in [-0.3, -0.25) is 0 Å². The van der Waals surface area contributed by atoms with Crippen molar-refractivity contribution in [2.45, 2.75) is 166 Å². The second kappa shape index (κ2) is 22.0. The second-order valence-corrected chi connectivity index (χ2v) is 15.0. The van der Waals surface area contributed by atoms with E-state index in [0.29, 0.717) is 24.2 Å². The molecule has 0 saturated heterocycles. The minimum atomic E-state index is 0.425. The first-order valence-corrected chi connectivity index (χ1v) is 17.9. The lowest BCUT2D eigenvalue weighted by atomic mass is 10.0. The van der Waals surface area contributed by atoms with Crippen molar-refractivity contribution in [1.82, 2.24) is 19.9 Å². The predicted molar refractivity (Wildman–Crippen MR) is 197 cm³/mol. The molecule has 4 atom stereocenters. The maximum Gasteiger partial charge on any atom is 0.147 e. The molecule has 0 aromatic carbocycles. The van der Waals surface area contributed by atoms with E-state index < -0.39 is 0 Å². The van der Waals surface area contributed by atoms with Crippen molar-refractivity contribution in [2.75, 3.05) is 21.3 Å². The fourth-order valence-corrected chi connectivity index (χ4v) is 4.78. The number of nitrogens with zero attached hydrogens (tertiary/aromatic N) is 4. The van der Waals surface area contributed by atoms with Crippen LogP contribution in [0.15, 0.2) is 18.6 Å². The van der Waals surface area contributed by atoms with Gasteiger partial charge in [0.2, 0.25) is 0 Å². The van der Waals surface area contributed by atoms with Crippen molar-refractivity contribution in [3.63, 3.8) is 0 Å². The third-order valence-corrected chi connectivity index (χ3v) is 7.87. The van der Waals surface area contributed by atoms with E-state index in [1.54, 1.807) is 0 Å². The number of hydrogen-bond donors (Lipinski definition) is 4. The lowest BCUT2D eigenvalue weighted by Gasteiger charge is -2.19. The molecule has 2 heterocycles. The van der Waals surface area contributed by atoms with Crippen LogP contribution in [0.5, 0.6) is 0 Å². The molecule has 0 amide bonds. The summed E-state index contributed by atoms with van der Waals surface area (Å²) < 4.78 is 0. The van der Waals surface area contributed by atoms with E-state index in [-0.39, 0.29) is 0 Å². The fraction of sp³-hybridized carbons (Fsp3) is 0.784. The van der Waals surface area contributed by atoms with Crippen LogP contribution in [-0.2, 0) is 0 Å². The standard InChI is InChI=1S/C19H36N4.C18H34N4/c1-13(2)8-10-15(5)21-18-12-20-19(17(7)23-18)22-16(6)11-9-14(3)4;1-13(2)7-9-15(5)21-17-11-20-18(12-19-17)22-16(6)10-8-14(3)4/h12-16H,8-11H2,1-7H3,(H,20,22)(H,21,23);11-16H,7-10H2,1-6H3,(H,19,21)(H,20,22). The van der Waals surface area contributed by atoms with Gasteiger partial charge in [0.05, 0.1) is 24.3 Å². The number of aromatic nitrogens is 4. The SMILES string of the molecule is CC(C)CCC(C)Nc1cnc(NC(C)CCC(C)C)cn1.Cc1nc(NC(C)CCC(C)C)cnc1NC(C)CCC(C)C. The smallest absolute Gasteiger partial charge is 0.147 e. The normalized spacial score (nSPS) is 14.2. The zero-order valence-corrected chi connectivity index (χ0v) is 31.3. The molecule has 2 aromatic rings. The number of rotatable bonds is 20. The third-order valence-electron chi connectivity index (χ3n) is 7.87. The summed E-state index contributed by atoms with van der Waals surface area (Å²) in [6.45, 7) is 28.9. The molecular formula is C37H70N8. The monoisotopic (exact) mass is 627 g/mol. The molecule has 0 aliphatic heterocycles. The molecule has 8 heteroatoms. The van der Waals surface area contributed by atoms with Crippen molar-refractivity contribution in [3.05, 3.63) is 24.3 Å². The van der Waals surface area contributed by atoms with E-state index >= 15 is 0 Å². The highest BCUT2D eigenvalue weighted by atomic mass is 15.1. The molecule has 258 valence electrons. The van der Waals surface area contributed by atoms with Gasteiger partial charge in [-0.25, -0.2) is 19.9 Å². The Morgan fingerprint density at radius 2 is 0.733 bits per heavy atom. The predicted octanol–water partition coefficient (Wildman–Crippen LogP) is 10.2. The minimum absolute atomic E-state index is 0.425. The summed E-state index contributed by atoms with van der Waals surface area (Å²) in [5.74, 6) is 6.47. The summed E-state index contributed by atoms with van der Waals surface area (Å²) in [5, 5.41) is 13.8. The van der Waals surface area contributed by atoms with Crippen LogP contribution >= 0.6 is 0 Å². The first-order valence-electron chi connectivity index (χ1n) is 17.9. The van der Waals surface area contributed by atoms with Crippen molar-refractivity contribution < 1.29 is 0 Å². The van der Waals surface area contributed by atoms with Gasteiger partial charge in [-0.2, -0.15) is 0 Å². The summed E-state index contributed by atoms with van der Waals surface area (Å²) in [7, 11) is 0. The molecule has 0 aliphatic carbocycles. The van der Waals surface area contributed by atoms with E-state index in [2.05, 4.69) is 124 Å². The maximum absolute atomic E-state index is 4.65. The molecule has 2 aromatic heterocycles. The van der Waals surface area contributed by atoms with Crippen molar-refractivity contribution in [1.29, 1.82) is 0 Å². The average Bonchev–Trinajstić information content (AvgIpc) is 2.95. The lowest BCUT2D eigenvalue weighted by Crippen LogP contribution is -2.20. The molecule has 4 N–H and O–H groups in total. The summed E-state index contributed by atoms with van der Waals surface area (Å²) >= 11 is 0. The Kier molecular flexibility index (Phi) is 19.7. The largest absolute Gasteiger partial charge is 0.366 e. The highest BCUT2D eigenvalue weighted by molar-refractivity contribution is 5.46. The minimum Gasteiger partial charge on any atom is -0.366 e. The fourth-order valence-electron chi connectivity index (χ4n) is 4.78. The number of nitrogens with one attached hydrogen (secondary N) is 4. The zero-order valence-electron chi connectivity index (χ0n) is 31.3. The third kappa shape index (κ3) is 20.2. The van der Waals surface area contributed by atoms with Gasteiger partial charge in [0.1, 0.15) is 23.3 Å². The van der Waals surface area contributed by atoms with Crippen LogP contribution in [0.4, 0.5) is 23.3 Å². The van der Waals surface area contributed by atoms with Crippen LogP contribution in [0.3, 0.4) is 0 Å². The quantitative estimate of drug-likeness (QED) is 0.115. The van der Waals surface area contributed by atoms with E-state index in [9.17, 15) is 0 Å². The zero-order chi connectivity index (χ0) is 33.9. The van der Waals surface area contributed by atoms with Gasteiger partial charge in [0, 0.05) is 24.2 Å². The molecule has 45 heavy (non-hydrogen) atoms. The van der Waals surface area contributed by atoms with Crippen LogP contribution in [0, 0.1) is 30.6 Å². The Hall–Kier alpha value is -2.64. The molecule has 0 aliphatic rings. The van der Waals surface area contributed by atoms with Gasteiger partial charge >= 0.3 is 0 Å². The molecule has 0 spiro atoms. The van der Waals surface area contributed by atoms with Crippen LogP contribution in [0.25, 0.3) is 0 Å². The van der Waals surface area contributed by atoms with Crippen molar-refractivity contribution in [2.24, 2.45) is 23.7 Å². The van der Waals surface area contributed by atoms with Crippen molar-refractivity contribution >= 4 is 23.3 Å². The summed E-state index contributed by atoms with van der Waals surface area (Å²) in [5.41, 5.74) is 0.961. The van der Waals surface area contributed by atoms with Gasteiger partial charge in [-0.05, 0) is 110 Å². The molecule has 0 radical (unpaired) electrons.